The lowest BCUT2D eigenvalue weighted by Gasteiger charge is -2.34. The molecule has 0 saturated heterocycles. The zero-order chi connectivity index (χ0) is 20.9. The maximum atomic E-state index is 9.90. The molecule has 0 bridgehead atoms. The standard InChI is InChI=1S/C26H29NO3/c1-3-27(2)15-16-29-22-12-9-20(10-13-22)26-23-14-11-21(28)17-25(23)30-18-24(26)19-7-5-4-6-8-19/h4-14,17,24,26,28H,3,15-16,18H2,1-2H3. The molecule has 0 radical (unpaired) electrons. The molecule has 1 heterocycles. The van der Waals surface area contributed by atoms with E-state index in [0.29, 0.717) is 13.2 Å². The van der Waals surface area contributed by atoms with Crippen molar-refractivity contribution in [2.75, 3.05) is 33.4 Å². The summed E-state index contributed by atoms with van der Waals surface area (Å²) < 4.78 is 12.0. The summed E-state index contributed by atoms with van der Waals surface area (Å²) in [5, 5.41) is 9.90. The van der Waals surface area contributed by atoms with E-state index in [4.69, 9.17) is 9.47 Å². The second-order valence-corrected chi connectivity index (χ2v) is 7.84. The molecule has 0 amide bonds. The number of hydrogen-bond donors (Lipinski definition) is 1. The number of phenols is 1. The second-order valence-electron chi connectivity index (χ2n) is 7.84. The van der Waals surface area contributed by atoms with Crippen molar-refractivity contribution >= 4 is 0 Å². The number of rotatable bonds is 7. The van der Waals surface area contributed by atoms with Gasteiger partial charge in [0.1, 0.15) is 23.9 Å². The molecule has 3 aromatic carbocycles. The van der Waals surface area contributed by atoms with Crippen molar-refractivity contribution in [1.29, 1.82) is 0 Å². The quantitative estimate of drug-likeness (QED) is 0.601. The van der Waals surface area contributed by atoms with E-state index in [1.807, 2.05) is 12.1 Å². The first-order chi connectivity index (χ1) is 14.7. The number of ether oxygens (including phenoxy) is 2. The van der Waals surface area contributed by atoms with Crippen LogP contribution in [-0.2, 0) is 0 Å². The summed E-state index contributed by atoms with van der Waals surface area (Å²) in [5.41, 5.74) is 3.58. The zero-order valence-electron chi connectivity index (χ0n) is 17.6. The summed E-state index contributed by atoms with van der Waals surface area (Å²) in [7, 11) is 2.09. The van der Waals surface area contributed by atoms with Gasteiger partial charge in [-0.15, -0.1) is 0 Å². The molecule has 0 aliphatic carbocycles. The van der Waals surface area contributed by atoms with Gasteiger partial charge in [-0.1, -0.05) is 55.5 Å². The van der Waals surface area contributed by atoms with Crippen molar-refractivity contribution in [3.05, 3.63) is 89.5 Å². The monoisotopic (exact) mass is 403 g/mol. The fourth-order valence-electron chi connectivity index (χ4n) is 4.05. The normalized spacial score (nSPS) is 18.0. The number of likely N-dealkylation sites (N-methyl/N-ethyl adjacent to an activating group) is 1. The number of aromatic hydroxyl groups is 1. The molecule has 1 N–H and O–H groups in total. The van der Waals surface area contributed by atoms with Crippen LogP contribution in [0.15, 0.2) is 72.8 Å². The maximum absolute atomic E-state index is 9.90. The van der Waals surface area contributed by atoms with Gasteiger partial charge in [-0.25, -0.2) is 0 Å². The molecule has 0 saturated carbocycles. The highest BCUT2D eigenvalue weighted by Crippen LogP contribution is 2.47. The number of fused-ring (bicyclic) bond motifs is 1. The summed E-state index contributed by atoms with van der Waals surface area (Å²) in [4.78, 5) is 2.23. The Morgan fingerprint density at radius 2 is 1.77 bits per heavy atom. The number of phenolic OH excluding ortho intramolecular Hbond substituents is 1. The van der Waals surface area contributed by atoms with Crippen molar-refractivity contribution in [3.63, 3.8) is 0 Å². The Kier molecular flexibility index (Phi) is 6.24. The predicted molar refractivity (Wildman–Crippen MR) is 120 cm³/mol. The van der Waals surface area contributed by atoms with Gasteiger partial charge >= 0.3 is 0 Å². The van der Waals surface area contributed by atoms with E-state index in [1.54, 1.807) is 12.1 Å². The maximum Gasteiger partial charge on any atom is 0.126 e. The van der Waals surface area contributed by atoms with Crippen LogP contribution in [0.5, 0.6) is 17.2 Å². The van der Waals surface area contributed by atoms with Crippen LogP contribution in [-0.4, -0.2) is 43.4 Å². The van der Waals surface area contributed by atoms with E-state index in [1.165, 1.54) is 11.1 Å². The second kappa shape index (κ2) is 9.23. The van der Waals surface area contributed by atoms with Gasteiger partial charge in [0.2, 0.25) is 0 Å². The molecule has 2 atom stereocenters. The molecule has 4 heteroatoms. The first-order valence-corrected chi connectivity index (χ1v) is 10.6. The molecule has 0 aromatic heterocycles. The summed E-state index contributed by atoms with van der Waals surface area (Å²) in [5.74, 6) is 2.23. The highest BCUT2D eigenvalue weighted by atomic mass is 16.5. The third kappa shape index (κ3) is 4.44. The minimum atomic E-state index is 0.150. The molecule has 3 aromatic rings. The van der Waals surface area contributed by atoms with E-state index < -0.39 is 0 Å². The largest absolute Gasteiger partial charge is 0.508 e. The summed E-state index contributed by atoms with van der Waals surface area (Å²) in [6.07, 6.45) is 0. The van der Waals surface area contributed by atoms with Crippen LogP contribution in [0.4, 0.5) is 0 Å². The minimum Gasteiger partial charge on any atom is -0.508 e. The molecule has 156 valence electrons. The first-order valence-electron chi connectivity index (χ1n) is 10.6. The van der Waals surface area contributed by atoms with E-state index >= 15 is 0 Å². The number of nitrogens with zero attached hydrogens (tertiary/aromatic N) is 1. The summed E-state index contributed by atoms with van der Waals surface area (Å²) in [6.45, 7) is 5.32. The van der Waals surface area contributed by atoms with Crippen LogP contribution in [0.3, 0.4) is 0 Å². The molecule has 1 aliphatic rings. The topological polar surface area (TPSA) is 41.9 Å². The van der Waals surface area contributed by atoms with E-state index in [-0.39, 0.29) is 17.6 Å². The third-order valence-electron chi connectivity index (χ3n) is 5.90. The molecular weight excluding hydrogens is 374 g/mol. The minimum absolute atomic E-state index is 0.150. The Labute approximate surface area is 178 Å². The molecule has 30 heavy (non-hydrogen) atoms. The molecular formula is C26H29NO3. The zero-order valence-corrected chi connectivity index (χ0v) is 17.6. The van der Waals surface area contributed by atoms with Crippen molar-refractivity contribution < 1.29 is 14.6 Å². The van der Waals surface area contributed by atoms with Crippen molar-refractivity contribution in [2.24, 2.45) is 0 Å². The van der Waals surface area contributed by atoms with Crippen LogP contribution in [0.2, 0.25) is 0 Å². The summed E-state index contributed by atoms with van der Waals surface area (Å²) in [6, 6.07) is 24.4. The van der Waals surface area contributed by atoms with E-state index in [0.717, 1.165) is 30.2 Å². The van der Waals surface area contributed by atoms with Crippen molar-refractivity contribution in [1.82, 2.24) is 4.90 Å². The molecule has 4 nitrogen and oxygen atoms in total. The lowest BCUT2D eigenvalue weighted by molar-refractivity contribution is 0.243. The predicted octanol–water partition coefficient (Wildman–Crippen LogP) is 5.03. The van der Waals surface area contributed by atoms with E-state index in [9.17, 15) is 5.11 Å². The lowest BCUT2D eigenvalue weighted by atomic mass is 9.76. The van der Waals surface area contributed by atoms with E-state index in [2.05, 4.69) is 67.4 Å². The van der Waals surface area contributed by atoms with Gasteiger partial charge in [0.15, 0.2) is 0 Å². The van der Waals surface area contributed by atoms with Crippen LogP contribution in [0.1, 0.15) is 35.4 Å². The van der Waals surface area contributed by atoms with Crippen LogP contribution in [0, 0.1) is 0 Å². The Balaban J connectivity index is 1.61. The smallest absolute Gasteiger partial charge is 0.126 e. The lowest BCUT2D eigenvalue weighted by Crippen LogP contribution is -2.25. The molecule has 0 spiro atoms. The van der Waals surface area contributed by atoms with Gasteiger partial charge in [0.05, 0.1) is 6.61 Å². The fraction of sp³-hybridized carbons (Fsp3) is 0.308. The van der Waals surface area contributed by atoms with Gasteiger partial charge in [0, 0.05) is 30.0 Å². The third-order valence-corrected chi connectivity index (χ3v) is 5.90. The average molecular weight is 404 g/mol. The number of benzene rings is 3. The Morgan fingerprint density at radius 1 is 1.00 bits per heavy atom. The van der Waals surface area contributed by atoms with Crippen molar-refractivity contribution in [3.8, 4) is 17.2 Å². The molecule has 4 rings (SSSR count). The molecule has 2 unspecified atom stereocenters. The van der Waals surface area contributed by atoms with Gasteiger partial charge < -0.3 is 19.5 Å². The average Bonchev–Trinajstić information content (AvgIpc) is 2.79. The summed E-state index contributed by atoms with van der Waals surface area (Å²) >= 11 is 0. The van der Waals surface area contributed by atoms with Crippen molar-refractivity contribution in [2.45, 2.75) is 18.8 Å². The van der Waals surface area contributed by atoms with Crippen LogP contribution in [0.25, 0.3) is 0 Å². The van der Waals surface area contributed by atoms with Crippen LogP contribution < -0.4 is 9.47 Å². The first kappa shape index (κ1) is 20.3. The highest BCUT2D eigenvalue weighted by molar-refractivity contribution is 5.50. The molecule has 1 aliphatic heterocycles. The fourth-order valence-corrected chi connectivity index (χ4v) is 4.05. The number of hydrogen-bond acceptors (Lipinski definition) is 4. The van der Waals surface area contributed by atoms with Gasteiger partial charge in [-0.2, -0.15) is 0 Å². The Bertz CT molecular complexity index is 956. The van der Waals surface area contributed by atoms with Crippen LogP contribution >= 0.6 is 0 Å². The Morgan fingerprint density at radius 3 is 2.50 bits per heavy atom. The Hall–Kier alpha value is -2.98. The van der Waals surface area contributed by atoms with Gasteiger partial charge in [-0.3, -0.25) is 0 Å². The molecule has 0 fully saturated rings. The van der Waals surface area contributed by atoms with Gasteiger partial charge in [-0.05, 0) is 42.9 Å². The highest BCUT2D eigenvalue weighted by Gasteiger charge is 2.33. The SMILES string of the molecule is CCN(C)CCOc1ccc(C2c3ccc(O)cc3OCC2c2ccccc2)cc1. The van der Waals surface area contributed by atoms with Gasteiger partial charge in [0.25, 0.3) is 0 Å².